The molecule has 0 radical (unpaired) electrons. The fourth-order valence-electron chi connectivity index (χ4n) is 1.90. The number of nitrogens with one attached hydrogen (secondary N) is 2. The maximum absolute atomic E-state index is 11.8. The summed E-state index contributed by atoms with van der Waals surface area (Å²) in [5.74, 6) is 0.293. The fraction of sp³-hybridized carbons (Fsp3) is 0.235. The van der Waals surface area contributed by atoms with Gasteiger partial charge in [0, 0.05) is 30.6 Å². The first kappa shape index (κ1) is 19.2. The average molecular weight is 381 g/mol. The SMILES string of the molecule is CC(C)Oc1cccc(N=CC(=O)NNCc2c(Cl)cncc2Cl)c1. The first-order chi connectivity index (χ1) is 12.0. The molecule has 0 aliphatic rings. The van der Waals surface area contributed by atoms with Crippen LogP contribution in [0, 0.1) is 0 Å². The average Bonchev–Trinajstić information content (AvgIpc) is 2.55. The zero-order valence-corrected chi connectivity index (χ0v) is 15.3. The second-order valence-corrected chi connectivity index (χ2v) is 6.16. The summed E-state index contributed by atoms with van der Waals surface area (Å²) in [7, 11) is 0. The molecule has 0 bridgehead atoms. The molecule has 0 spiro atoms. The zero-order valence-electron chi connectivity index (χ0n) is 13.8. The number of benzene rings is 1. The van der Waals surface area contributed by atoms with E-state index in [9.17, 15) is 4.79 Å². The maximum Gasteiger partial charge on any atom is 0.276 e. The van der Waals surface area contributed by atoms with Crippen molar-refractivity contribution in [2.24, 2.45) is 4.99 Å². The van der Waals surface area contributed by atoms with E-state index >= 15 is 0 Å². The highest BCUT2D eigenvalue weighted by molar-refractivity contribution is 6.35. The Bertz CT molecular complexity index is 746. The van der Waals surface area contributed by atoms with Crippen molar-refractivity contribution >= 4 is 41.0 Å². The van der Waals surface area contributed by atoms with Gasteiger partial charge in [0.15, 0.2) is 0 Å². The molecule has 6 nitrogen and oxygen atoms in total. The number of hydrogen-bond donors (Lipinski definition) is 2. The van der Waals surface area contributed by atoms with Crippen LogP contribution in [0.1, 0.15) is 19.4 Å². The Morgan fingerprint density at radius 3 is 2.72 bits per heavy atom. The number of rotatable bonds is 7. The Kier molecular flexibility index (Phi) is 7.18. The lowest BCUT2D eigenvalue weighted by Crippen LogP contribution is -2.37. The number of nitrogens with zero attached hydrogens (tertiary/aromatic N) is 2. The van der Waals surface area contributed by atoms with E-state index in [2.05, 4.69) is 20.8 Å². The molecule has 0 saturated heterocycles. The summed E-state index contributed by atoms with van der Waals surface area (Å²) in [6.45, 7) is 4.14. The monoisotopic (exact) mass is 380 g/mol. The molecular formula is C17H18Cl2N4O2. The van der Waals surface area contributed by atoms with Crippen molar-refractivity contribution in [1.82, 2.24) is 15.8 Å². The smallest absolute Gasteiger partial charge is 0.276 e. The molecule has 0 aliphatic heterocycles. The molecular weight excluding hydrogens is 363 g/mol. The van der Waals surface area contributed by atoms with Gasteiger partial charge in [-0.05, 0) is 26.0 Å². The van der Waals surface area contributed by atoms with Crippen molar-refractivity contribution in [3.63, 3.8) is 0 Å². The first-order valence-electron chi connectivity index (χ1n) is 7.57. The van der Waals surface area contributed by atoms with Crippen LogP contribution in [0.4, 0.5) is 5.69 Å². The Morgan fingerprint density at radius 2 is 2.04 bits per heavy atom. The van der Waals surface area contributed by atoms with Gasteiger partial charge in [0.05, 0.1) is 28.1 Å². The summed E-state index contributed by atoms with van der Waals surface area (Å²) in [6, 6.07) is 7.19. The predicted octanol–water partition coefficient (Wildman–Crippen LogP) is 3.70. The highest BCUT2D eigenvalue weighted by Gasteiger charge is 2.06. The lowest BCUT2D eigenvalue weighted by Gasteiger charge is -2.09. The Labute approximate surface area is 156 Å². The van der Waals surface area contributed by atoms with Crippen molar-refractivity contribution in [3.8, 4) is 5.75 Å². The minimum atomic E-state index is -0.406. The van der Waals surface area contributed by atoms with Crippen LogP contribution in [-0.2, 0) is 11.3 Å². The topological polar surface area (TPSA) is 75.6 Å². The molecule has 0 atom stereocenters. The van der Waals surface area contributed by atoms with Gasteiger partial charge in [0.25, 0.3) is 5.91 Å². The van der Waals surface area contributed by atoms with Gasteiger partial charge in [0.2, 0.25) is 0 Å². The Hall–Kier alpha value is -2.15. The molecule has 8 heteroatoms. The van der Waals surface area contributed by atoms with Crippen LogP contribution < -0.4 is 15.6 Å². The standard InChI is InChI=1S/C17H18Cl2N4O2/c1-11(2)25-13-5-3-4-12(6-13)21-10-17(24)23-22-7-14-15(18)8-20-9-16(14)19/h3-6,8-11,22H,7H2,1-2H3,(H,23,24). The molecule has 1 aromatic heterocycles. The minimum absolute atomic E-state index is 0.0681. The van der Waals surface area contributed by atoms with Crippen molar-refractivity contribution in [2.75, 3.05) is 0 Å². The van der Waals surface area contributed by atoms with E-state index in [-0.39, 0.29) is 12.6 Å². The number of hydrazine groups is 1. The molecule has 2 N–H and O–H groups in total. The van der Waals surface area contributed by atoms with Crippen LogP contribution in [0.3, 0.4) is 0 Å². The number of amides is 1. The summed E-state index contributed by atoms with van der Waals surface area (Å²) in [5.41, 5.74) is 6.51. The van der Waals surface area contributed by atoms with Crippen LogP contribution in [0.2, 0.25) is 10.0 Å². The largest absolute Gasteiger partial charge is 0.491 e. The summed E-state index contributed by atoms with van der Waals surface area (Å²) in [6.07, 6.45) is 4.22. The summed E-state index contributed by atoms with van der Waals surface area (Å²) in [4.78, 5) is 19.8. The number of hydrogen-bond acceptors (Lipinski definition) is 5. The minimum Gasteiger partial charge on any atom is -0.491 e. The third kappa shape index (κ3) is 6.34. The molecule has 132 valence electrons. The number of ether oxygens (including phenoxy) is 1. The molecule has 2 aromatic rings. The van der Waals surface area contributed by atoms with Gasteiger partial charge in [-0.15, -0.1) is 0 Å². The van der Waals surface area contributed by atoms with Crippen LogP contribution in [-0.4, -0.2) is 23.2 Å². The lowest BCUT2D eigenvalue weighted by atomic mass is 10.3. The van der Waals surface area contributed by atoms with Crippen molar-refractivity contribution in [3.05, 3.63) is 52.3 Å². The van der Waals surface area contributed by atoms with E-state index < -0.39 is 5.91 Å². The van der Waals surface area contributed by atoms with Crippen molar-refractivity contribution < 1.29 is 9.53 Å². The van der Waals surface area contributed by atoms with Crippen LogP contribution in [0.15, 0.2) is 41.7 Å². The normalized spacial score (nSPS) is 11.1. The molecule has 1 aromatic carbocycles. The fourth-order valence-corrected chi connectivity index (χ4v) is 2.40. The van der Waals surface area contributed by atoms with Gasteiger partial charge < -0.3 is 4.74 Å². The van der Waals surface area contributed by atoms with E-state index in [4.69, 9.17) is 27.9 Å². The highest BCUT2D eigenvalue weighted by atomic mass is 35.5. The van der Waals surface area contributed by atoms with Gasteiger partial charge in [-0.1, -0.05) is 29.3 Å². The highest BCUT2D eigenvalue weighted by Crippen LogP contribution is 2.22. The Morgan fingerprint density at radius 1 is 1.32 bits per heavy atom. The number of carbonyl (C=O) groups is 1. The quantitative estimate of drug-likeness (QED) is 0.567. The van der Waals surface area contributed by atoms with E-state index in [0.717, 1.165) is 0 Å². The van der Waals surface area contributed by atoms with Crippen LogP contribution in [0.25, 0.3) is 0 Å². The molecule has 1 heterocycles. The van der Waals surface area contributed by atoms with Gasteiger partial charge >= 0.3 is 0 Å². The molecule has 25 heavy (non-hydrogen) atoms. The molecule has 2 rings (SSSR count). The van der Waals surface area contributed by atoms with Crippen LogP contribution >= 0.6 is 23.2 Å². The summed E-state index contributed by atoms with van der Waals surface area (Å²) in [5, 5.41) is 0.842. The lowest BCUT2D eigenvalue weighted by molar-refractivity contribution is -0.115. The molecule has 0 saturated carbocycles. The number of halogens is 2. The van der Waals surface area contributed by atoms with E-state index in [1.54, 1.807) is 12.1 Å². The van der Waals surface area contributed by atoms with Gasteiger partial charge in [0.1, 0.15) is 5.75 Å². The number of carbonyl (C=O) groups excluding carboxylic acids is 1. The van der Waals surface area contributed by atoms with Crippen molar-refractivity contribution in [1.29, 1.82) is 0 Å². The molecule has 0 fully saturated rings. The number of aromatic nitrogens is 1. The van der Waals surface area contributed by atoms with Gasteiger partial charge in [-0.3, -0.25) is 20.2 Å². The predicted molar refractivity (Wildman–Crippen MR) is 99.6 cm³/mol. The third-order valence-electron chi connectivity index (χ3n) is 2.95. The van der Waals surface area contributed by atoms with Gasteiger partial charge in [-0.2, -0.15) is 0 Å². The Balaban J connectivity index is 1.87. The van der Waals surface area contributed by atoms with Gasteiger partial charge in [-0.25, -0.2) is 5.43 Å². The molecule has 1 amide bonds. The van der Waals surface area contributed by atoms with E-state index in [1.807, 2.05) is 26.0 Å². The molecule has 0 aliphatic carbocycles. The van der Waals surface area contributed by atoms with E-state index in [1.165, 1.54) is 18.6 Å². The summed E-state index contributed by atoms with van der Waals surface area (Å²) >= 11 is 12.0. The van der Waals surface area contributed by atoms with Crippen LogP contribution in [0.5, 0.6) is 5.75 Å². The molecule has 0 unspecified atom stereocenters. The second-order valence-electron chi connectivity index (χ2n) is 5.35. The number of aliphatic imine (C=N–C) groups is 1. The second kappa shape index (κ2) is 9.36. The number of pyridine rings is 1. The van der Waals surface area contributed by atoms with Crippen molar-refractivity contribution in [2.45, 2.75) is 26.5 Å². The summed E-state index contributed by atoms with van der Waals surface area (Å²) < 4.78 is 5.58. The zero-order chi connectivity index (χ0) is 18.2. The first-order valence-corrected chi connectivity index (χ1v) is 8.33. The van der Waals surface area contributed by atoms with E-state index in [0.29, 0.717) is 27.0 Å². The maximum atomic E-state index is 11.8. The third-order valence-corrected chi connectivity index (χ3v) is 3.60.